The Morgan fingerprint density at radius 3 is 1.95 bits per heavy atom. The Kier molecular flexibility index (Phi) is 16.1. The first-order chi connectivity index (χ1) is 19.3. The molecule has 42 heavy (non-hydrogen) atoms. The predicted octanol–water partition coefficient (Wildman–Crippen LogP) is 4.58. The molecule has 4 N–H and O–H groups in total. The van der Waals surface area contributed by atoms with E-state index in [9.17, 15) is 19.2 Å². The minimum absolute atomic E-state index is 0. The van der Waals surface area contributed by atoms with Crippen molar-refractivity contribution < 1.29 is 65.8 Å². The van der Waals surface area contributed by atoms with Crippen molar-refractivity contribution in [3.8, 4) is 33.6 Å². The molecule has 2 aromatic heterocycles. The van der Waals surface area contributed by atoms with Crippen LogP contribution in [0, 0.1) is 0 Å². The molecule has 0 saturated heterocycles. The van der Waals surface area contributed by atoms with Gasteiger partial charge in [0.05, 0.1) is 42.9 Å². The minimum atomic E-state index is -0.995. The Morgan fingerprint density at radius 1 is 0.833 bits per heavy atom. The normalized spacial score (nSPS) is 10.9. The minimum Gasteiger partial charge on any atom is -0.632 e. The Labute approximate surface area is 269 Å². The van der Waals surface area contributed by atoms with Crippen LogP contribution in [0.4, 0.5) is 9.59 Å². The number of rotatable bonds is 6. The standard InChI is InChI=1S/C22H16N4O2P2.2C2H5NO2.2V/c27-11-29-21-23-10-19(25-21)14-3-1-13(2-4-14)15-5-7-17-16(9-15)6-8-18-20(17)26-22(24-18)30-12-28;2*1-5-2(3)4;;/h1-5,7,9-10,29-30H,6,8H2,(H,23,25)(H,24,26);2*1H3,(H2,3,4);;/q-2;;;2*+2/p-2. The number of benzene rings is 2. The van der Waals surface area contributed by atoms with Crippen LogP contribution < -0.4 is 11.1 Å². The second-order valence-corrected chi connectivity index (χ2v) is 9.80. The maximum Gasteiger partial charge on any atom is 2.00 e. The van der Waals surface area contributed by atoms with Crippen LogP contribution >= 0.6 is 17.2 Å². The third-order valence-corrected chi connectivity index (χ3v) is 6.77. The molecule has 2 aromatic carbocycles. The number of fused-ring (bicyclic) bond motifs is 3. The summed E-state index contributed by atoms with van der Waals surface area (Å²) in [6, 6.07) is 18.6. The van der Waals surface area contributed by atoms with Gasteiger partial charge in [0.2, 0.25) is 12.2 Å². The summed E-state index contributed by atoms with van der Waals surface area (Å²) in [6.45, 7) is 0. The molecule has 2 radical (unpaired) electrons. The van der Waals surface area contributed by atoms with Crippen LogP contribution in [-0.4, -0.2) is 58.4 Å². The first kappa shape index (κ1) is 36.8. The fraction of sp³-hybridized carbons (Fsp3) is 0.154. The van der Waals surface area contributed by atoms with Crippen LogP contribution in [0.25, 0.3) is 45.1 Å². The van der Waals surface area contributed by atoms with Crippen molar-refractivity contribution >= 4 is 52.5 Å². The monoisotopic (exact) mass is 680 g/mol. The first-order valence-corrected chi connectivity index (χ1v) is 13.5. The summed E-state index contributed by atoms with van der Waals surface area (Å²) in [4.78, 5) is 55.0. The van der Waals surface area contributed by atoms with Gasteiger partial charge in [-0.05, 0) is 35.1 Å². The first-order valence-electron chi connectivity index (χ1n) is 11.5. The van der Waals surface area contributed by atoms with Crippen LogP contribution in [-0.2, 0) is 69.0 Å². The summed E-state index contributed by atoms with van der Waals surface area (Å²) in [5.74, 6) is 0. The molecule has 12 nitrogen and oxygen atoms in total. The average molecular weight is 680 g/mol. The van der Waals surface area contributed by atoms with Gasteiger partial charge in [-0.3, -0.25) is 9.59 Å². The van der Waals surface area contributed by atoms with Crippen LogP contribution in [0.2, 0.25) is 0 Å². The van der Waals surface area contributed by atoms with E-state index in [1.165, 1.54) is 5.56 Å². The van der Waals surface area contributed by atoms with Gasteiger partial charge in [0, 0.05) is 11.3 Å². The van der Waals surface area contributed by atoms with Crippen molar-refractivity contribution in [2.45, 2.75) is 12.8 Å². The van der Waals surface area contributed by atoms with Crippen molar-refractivity contribution in [2.75, 3.05) is 14.2 Å². The number of carbonyl (C=O) groups is 2. The summed E-state index contributed by atoms with van der Waals surface area (Å²) in [5, 5.41) is 0. The number of ether oxygens (including phenoxy) is 2. The van der Waals surface area contributed by atoms with Crippen molar-refractivity contribution in [3.05, 3.63) is 71.4 Å². The average Bonchev–Trinajstić information content (AvgIpc) is 3.61. The van der Waals surface area contributed by atoms with Crippen LogP contribution in [0.15, 0.2) is 48.7 Å². The number of hydrogen-bond acceptors (Lipinski definition) is 8. The fourth-order valence-electron chi connectivity index (χ4n) is 3.81. The molecule has 2 unspecified atom stereocenters. The SMILES string of the molecule is COC([NH-])=O.COC([NH-])=O.O=[C-]Pc1ncc(-c2ccc(-c3ccc4c(c3)CCc3[nH]c(P[C-]=O)nc3-4)cc2)[nH]1.[V+2].[V+2]. The number of carbonyl (C=O) groups excluding carboxylic acids is 4. The van der Waals surface area contributed by atoms with E-state index in [0.29, 0.717) is 11.1 Å². The van der Waals surface area contributed by atoms with E-state index < -0.39 is 12.2 Å². The second kappa shape index (κ2) is 18.3. The molecule has 1 aliphatic carbocycles. The quantitative estimate of drug-likeness (QED) is 0.218. The number of aromatic nitrogens is 4. The number of nitrogens with zero attached hydrogens (tertiary/aromatic N) is 2. The Morgan fingerprint density at radius 2 is 1.38 bits per heavy atom. The number of aromatic amines is 2. The molecule has 16 heteroatoms. The van der Waals surface area contributed by atoms with E-state index in [-0.39, 0.29) is 54.3 Å². The molecule has 5 rings (SSSR count). The number of hydrogen-bond donors (Lipinski definition) is 2. The van der Waals surface area contributed by atoms with Gasteiger partial charge < -0.3 is 40.5 Å². The van der Waals surface area contributed by atoms with Crippen molar-refractivity contribution in [3.63, 3.8) is 0 Å². The van der Waals surface area contributed by atoms with Gasteiger partial charge in [-0.1, -0.05) is 42.5 Å². The summed E-state index contributed by atoms with van der Waals surface area (Å²) in [6.07, 6.45) is 1.58. The Balaban J connectivity index is 0.000000640. The molecular weight excluding hydrogens is 656 g/mol. The number of amides is 2. The van der Waals surface area contributed by atoms with E-state index in [2.05, 4.69) is 71.9 Å². The third kappa shape index (κ3) is 10.2. The molecule has 2 amide bonds. The van der Waals surface area contributed by atoms with E-state index >= 15 is 0 Å². The summed E-state index contributed by atoms with van der Waals surface area (Å²) in [5.41, 5.74) is 21.9. The molecule has 2 heterocycles. The van der Waals surface area contributed by atoms with Gasteiger partial charge in [-0.25, -0.2) is 22.0 Å². The number of aryl methyl sites for hydroxylation is 2. The van der Waals surface area contributed by atoms with Gasteiger partial charge in [0.15, 0.2) is 0 Å². The number of imidazole rings is 2. The molecule has 214 valence electrons. The molecular formula is C26H24N6O6P2V2. The number of methoxy groups -OCH3 is 2. The summed E-state index contributed by atoms with van der Waals surface area (Å²) in [7, 11) is 2.19. The van der Waals surface area contributed by atoms with Crippen molar-refractivity contribution in [1.29, 1.82) is 0 Å². The summed E-state index contributed by atoms with van der Waals surface area (Å²) >= 11 is 0. The molecule has 1 aliphatic rings. The molecule has 2 atom stereocenters. The second-order valence-electron chi connectivity index (χ2n) is 7.94. The van der Waals surface area contributed by atoms with Crippen LogP contribution in [0.3, 0.4) is 0 Å². The van der Waals surface area contributed by atoms with E-state index in [1.807, 2.05) is 12.1 Å². The molecule has 0 spiro atoms. The largest absolute Gasteiger partial charge is 2.00 e. The molecule has 0 saturated carbocycles. The van der Waals surface area contributed by atoms with Crippen molar-refractivity contribution in [2.24, 2.45) is 0 Å². The fourth-order valence-corrected chi connectivity index (χ4v) is 4.71. The molecule has 0 aliphatic heterocycles. The predicted molar refractivity (Wildman–Crippen MR) is 155 cm³/mol. The Bertz CT molecular complexity index is 1480. The maximum atomic E-state index is 10.7. The zero-order chi connectivity index (χ0) is 29.1. The van der Waals surface area contributed by atoms with Crippen LogP contribution in [0.1, 0.15) is 11.3 Å². The smallest absolute Gasteiger partial charge is 0.632 e. The van der Waals surface area contributed by atoms with Gasteiger partial charge >= 0.3 is 37.1 Å². The summed E-state index contributed by atoms with van der Waals surface area (Å²) < 4.78 is 7.56. The topological polar surface area (TPSA) is 192 Å². The van der Waals surface area contributed by atoms with E-state index in [4.69, 9.17) is 11.5 Å². The van der Waals surface area contributed by atoms with Gasteiger partial charge in [0.1, 0.15) is 0 Å². The maximum absolute atomic E-state index is 10.7. The third-order valence-electron chi connectivity index (χ3n) is 5.60. The Hall–Kier alpha value is -3.23. The zero-order valence-electron chi connectivity index (χ0n) is 22.3. The van der Waals surface area contributed by atoms with E-state index in [0.717, 1.165) is 66.4 Å². The van der Waals surface area contributed by atoms with Gasteiger partial charge in [-0.15, -0.1) is 0 Å². The molecule has 0 bridgehead atoms. The molecule has 0 fully saturated rings. The van der Waals surface area contributed by atoms with Crippen LogP contribution in [0.5, 0.6) is 0 Å². The number of nitrogens with one attached hydrogen (secondary N) is 4. The van der Waals surface area contributed by atoms with Crippen molar-refractivity contribution in [1.82, 2.24) is 19.9 Å². The zero-order valence-corrected chi connectivity index (χ0v) is 27.1. The molecule has 4 aromatic rings. The number of H-pyrrole nitrogens is 2. The van der Waals surface area contributed by atoms with E-state index in [1.54, 1.807) is 6.20 Å². The van der Waals surface area contributed by atoms with Gasteiger partial charge in [-0.2, -0.15) is 17.2 Å². The van der Waals surface area contributed by atoms with Gasteiger partial charge in [0.25, 0.3) is 0 Å².